The predicted octanol–water partition coefficient (Wildman–Crippen LogP) is 2.62. The average Bonchev–Trinajstić information content (AvgIpc) is 3.19. The zero-order chi connectivity index (χ0) is 17.9. The third-order valence-electron chi connectivity index (χ3n) is 4.13. The molecular formula is C17H19N5O2S. The highest BCUT2D eigenvalue weighted by Crippen LogP contribution is 2.39. The predicted molar refractivity (Wildman–Crippen MR) is 93.5 cm³/mol. The standard InChI is InChI=1S/C17H19N5O2S/c1-3-8-22-15(13-5-4-9-24-13)20-21-16(22)25-10-14(23)19-17(2,11-18)12-6-7-12/h3-5,9,12H,1,6-8,10H2,2H3,(H,19,23). The van der Waals surface area contributed by atoms with Crippen LogP contribution < -0.4 is 5.32 Å². The first kappa shape index (κ1) is 17.3. The van der Waals surface area contributed by atoms with E-state index < -0.39 is 5.54 Å². The summed E-state index contributed by atoms with van der Waals surface area (Å²) in [5, 5.41) is 21.1. The Morgan fingerprint density at radius 3 is 3.04 bits per heavy atom. The molecule has 130 valence electrons. The summed E-state index contributed by atoms with van der Waals surface area (Å²) in [6.45, 7) is 6.03. The molecule has 1 amide bonds. The summed E-state index contributed by atoms with van der Waals surface area (Å²) in [5.41, 5.74) is -0.786. The Morgan fingerprint density at radius 2 is 2.44 bits per heavy atom. The van der Waals surface area contributed by atoms with Gasteiger partial charge < -0.3 is 9.73 Å². The van der Waals surface area contributed by atoms with Crippen molar-refractivity contribution in [1.29, 1.82) is 5.26 Å². The maximum atomic E-state index is 12.2. The van der Waals surface area contributed by atoms with Crippen molar-refractivity contribution in [3.8, 4) is 17.7 Å². The second-order valence-electron chi connectivity index (χ2n) is 6.11. The molecule has 8 heteroatoms. The topological polar surface area (TPSA) is 96.7 Å². The molecule has 0 spiro atoms. The van der Waals surface area contributed by atoms with Crippen molar-refractivity contribution < 1.29 is 9.21 Å². The van der Waals surface area contributed by atoms with E-state index >= 15 is 0 Å². The molecule has 1 aliphatic carbocycles. The normalized spacial score (nSPS) is 16.0. The average molecular weight is 357 g/mol. The number of nitrogens with zero attached hydrogens (tertiary/aromatic N) is 4. The highest BCUT2D eigenvalue weighted by molar-refractivity contribution is 7.99. The van der Waals surface area contributed by atoms with Gasteiger partial charge in [-0.15, -0.1) is 16.8 Å². The van der Waals surface area contributed by atoms with Crippen molar-refractivity contribution in [2.75, 3.05) is 5.75 Å². The van der Waals surface area contributed by atoms with Crippen LogP contribution in [0.5, 0.6) is 0 Å². The van der Waals surface area contributed by atoms with Gasteiger partial charge in [0, 0.05) is 6.54 Å². The lowest BCUT2D eigenvalue weighted by Gasteiger charge is -2.22. The van der Waals surface area contributed by atoms with Crippen LogP contribution in [0.3, 0.4) is 0 Å². The number of amides is 1. The van der Waals surface area contributed by atoms with Gasteiger partial charge >= 0.3 is 0 Å². The van der Waals surface area contributed by atoms with Crippen LogP contribution in [-0.2, 0) is 11.3 Å². The van der Waals surface area contributed by atoms with E-state index in [1.165, 1.54) is 11.8 Å². The summed E-state index contributed by atoms with van der Waals surface area (Å²) in [6, 6.07) is 5.81. The lowest BCUT2D eigenvalue weighted by Crippen LogP contribution is -2.47. The number of hydrogen-bond acceptors (Lipinski definition) is 6. The van der Waals surface area contributed by atoms with Gasteiger partial charge in [-0.1, -0.05) is 17.8 Å². The van der Waals surface area contributed by atoms with Gasteiger partial charge in [0.1, 0.15) is 5.54 Å². The molecule has 1 unspecified atom stereocenters. The fourth-order valence-electron chi connectivity index (χ4n) is 2.62. The highest BCUT2D eigenvalue weighted by Gasteiger charge is 2.42. The van der Waals surface area contributed by atoms with E-state index in [0.717, 1.165) is 12.8 Å². The zero-order valence-electron chi connectivity index (χ0n) is 13.9. The second-order valence-corrected chi connectivity index (χ2v) is 7.05. The first-order valence-corrected chi connectivity index (χ1v) is 8.99. The summed E-state index contributed by atoms with van der Waals surface area (Å²) < 4.78 is 7.22. The Hall–Kier alpha value is -2.53. The van der Waals surface area contributed by atoms with Crippen molar-refractivity contribution in [3.63, 3.8) is 0 Å². The van der Waals surface area contributed by atoms with E-state index in [2.05, 4.69) is 28.2 Å². The monoisotopic (exact) mass is 357 g/mol. The summed E-state index contributed by atoms with van der Waals surface area (Å²) in [6.07, 6.45) is 5.28. The Kier molecular flexibility index (Phi) is 4.95. The number of nitriles is 1. The summed E-state index contributed by atoms with van der Waals surface area (Å²) >= 11 is 1.27. The molecule has 1 fully saturated rings. The number of nitrogens with one attached hydrogen (secondary N) is 1. The van der Waals surface area contributed by atoms with Gasteiger partial charge in [0.05, 0.1) is 18.1 Å². The van der Waals surface area contributed by atoms with Crippen LogP contribution in [0.2, 0.25) is 0 Å². The number of thioether (sulfide) groups is 1. The SMILES string of the molecule is C=CCn1c(SCC(=O)NC(C)(C#N)C2CC2)nnc1-c1ccco1. The molecule has 2 heterocycles. The highest BCUT2D eigenvalue weighted by atomic mass is 32.2. The summed E-state index contributed by atoms with van der Waals surface area (Å²) in [7, 11) is 0. The van der Waals surface area contributed by atoms with E-state index in [-0.39, 0.29) is 17.6 Å². The molecule has 2 aromatic rings. The van der Waals surface area contributed by atoms with Crippen LogP contribution in [-0.4, -0.2) is 32.0 Å². The number of carbonyl (C=O) groups is 1. The fraction of sp³-hybridized carbons (Fsp3) is 0.412. The molecule has 7 nitrogen and oxygen atoms in total. The minimum absolute atomic E-state index is 0.164. The molecule has 2 aromatic heterocycles. The molecule has 0 aromatic carbocycles. The molecule has 1 N–H and O–H groups in total. The summed E-state index contributed by atoms with van der Waals surface area (Å²) in [4.78, 5) is 12.2. The first-order valence-electron chi connectivity index (χ1n) is 8.00. The molecule has 0 saturated heterocycles. The van der Waals surface area contributed by atoms with Gasteiger partial charge in [-0.05, 0) is 37.8 Å². The molecular weight excluding hydrogens is 338 g/mol. The van der Waals surface area contributed by atoms with E-state index in [9.17, 15) is 10.1 Å². The maximum absolute atomic E-state index is 12.2. The first-order chi connectivity index (χ1) is 12.1. The largest absolute Gasteiger partial charge is 0.461 e. The van der Waals surface area contributed by atoms with E-state index in [1.807, 2.05) is 4.57 Å². The Balaban J connectivity index is 1.68. The Labute approximate surface area is 150 Å². The van der Waals surface area contributed by atoms with Gasteiger partial charge in [-0.25, -0.2) is 0 Å². The minimum atomic E-state index is -0.786. The molecule has 0 bridgehead atoms. The number of aromatic nitrogens is 3. The number of rotatable bonds is 8. The number of carbonyl (C=O) groups excluding carboxylic acids is 1. The van der Waals surface area contributed by atoms with Crippen molar-refractivity contribution in [3.05, 3.63) is 31.1 Å². The Morgan fingerprint density at radius 1 is 1.64 bits per heavy atom. The lowest BCUT2D eigenvalue weighted by molar-refractivity contribution is -0.119. The zero-order valence-corrected chi connectivity index (χ0v) is 14.8. The molecule has 0 aliphatic heterocycles. The van der Waals surface area contributed by atoms with E-state index in [4.69, 9.17) is 4.42 Å². The smallest absolute Gasteiger partial charge is 0.231 e. The number of allylic oxidation sites excluding steroid dienone is 1. The molecule has 1 atom stereocenters. The van der Waals surface area contributed by atoms with E-state index in [0.29, 0.717) is 23.3 Å². The quantitative estimate of drug-likeness (QED) is 0.576. The van der Waals surface area contributed by atoms with Crippen molar-refractivity contribution in [1.82, 2.24) is 20.1 Å². The molecule has 0 radical (unpaired) electrons. The molecule has 25 heavy (non-hydrogen) atoms. The van der Waals surface area contributed by atoms with Gasteiger partial charge in [0.2, 0.25) is 11.7 Å². The molecule has 1 aliphatic rings. The fourth-order valence-corrected chi connectivity index (χ4v) is 3.36. The van der Waals surface area contributed by atoms with Crippen LogP contribution in [0.4, 0.5) is 0 Å². The lowest BCUT2D eigenvalue weighted by atomic mass is 9.98. The van der Waals surface area contributed by atoms with Crippen LogP contribution in [0, 0.1) is 17.2 Å². The van der Waals surface area contributed by atoms with Crippen LogP contribution >= 0.6 is 11.8 Å². The minimum Gasteiger partial charge on any atom is -0.461 e. The van der Waals surface area contributed by atoms with Crippen molar-refractivity contribution in [2.24, 2.45) is 5.92 Å². The van der Waals surface area contributed by atoms with Crippen LogP contribution in [0.25, 0.3) is 11.6 Å². The number of furan rings is 1. The van der Waals surface area contributed by atoms with Crippen LogP contribution in [0.15, 0.2) is 40.6 Å². The third-order valence-corrected chi connectivity index (χ3v) is 5.09. The van der Waals surface area contributed by atoms with E-state index in [1.54, 1.807) is 31.4 Å². The second kappa shape index (κ2) is 7.15. The number of hydrogen-bond donors (Lipinski definition) is 1. The van der Waals surface area contributed by atoms with Crippen LogP contribution in [0.1, 0.15) is 19.8 Å². The maximum Gasteiger partial charge on any atom is 0.231 e. The van der Waals surface area contributed by atoms with Gasteiger partial charge in [0.25, 0.3) is 0 Å². The van der Waals surface area contributed by atoms with Crippen molar-refractivity contribution >= 4 is 17.7 Å². The molecule has 1 saturated carbocycles. The van der Waals surface area contributed by atoms with Gasteiger partial charge in [0.15, 0.2) is 10.9 Å². The third kappa shape index (κ3) is 3.77. The molecule has 3 rings (SSSR count). The van der Waals surface area contributed by atoms with Gasteiger partial charge in [-0.2, -0.15) is 5.26 Å². The van der Waals surface area contributed by atoms with Gasteiger partial charge in [-0.3, -0.25) is 9.36 Å². The summed E-state index contributed by atoms with van der Waals surface area (Å²) in [5.74, 6) is 1.43. The van der Waals surface area contributed by atoms with Crippen molar-refractivity contribution in [2.45, 2.75) is 37.0 Å². The Bertz CT molecular complexity index is 804.